The van der Waals surface area contributed by atoms with E-state index in [2.05, 4.69) is 12.2 Å². The summed E-state index contributed by atoms with van der Waals surface area (Å²) in [5.41, 5.74) is 2.07. The highest BCUT2D eigenvalue weighted by molar-refractivity contribution is 5.98. The molecule has 5 nitrogen and oxygen atoms in total. The van der Waals surface area contributed by atoms with Crippen molar-refractivity contribution >= 4 is 17.7 Å². The van der Waals surface area contributed by atoms with Crippen LogP contribution in [0.4, 0.5) is 10.5 Å². The Bertz CT molecular complexity index is 555. The van der Waals surface area contributed by atoms with Crippen molar-refractivity contribution in [2.24, 2.45) is 5.92 Å². The fraction of sp³-hybridized carbons (Fsp3) is 0.600. The molecule has 0 aliphatic rings. The normalized spacial score (nSPS) is 13.2. The summed E-state index contributed by atoms with van der Waals surface area (Å²) in [5, 5.41) is 2.74. The zero-order valence-corrected chi connectivity index (χ0v) is 16.3. The molecule has 0 spiro atoms. The van der Waals surface area contributed by atoms with Crippen molar-refractivity contribution in [1.82, 2.24) is 5.32 Å². The summed E-state index contributed by atoms with van der Waals surface area (Å²) in [5.74, 6) is -0.163. The van der Waals surface area contributed by atoms with Gasteiger partial charge in [-0.05, 0) is 50.3 Å². The Hall–Kier alpha value is -2.04. The number of carbonyl (C=O) groups is 2. The number of aryl methyl sites for hydroxylation is 1. The van der Waals surface area contributed by atoms with Crippen molar-refractivity contribution in [1.29, 1.82) is 0 Å². The van der Waals surface area contributed by atoms with Crippen molar-refractivity contribution in [3.63, 3.8) is 0 Å². The van der Waals surface area contributed by atoms with Crippen LogP contribution in [0.15, 0.2) is 24.3 Å². The molecule has 1 aromatic carbocycles. The van der Waals surface area contributed by atoms with Gasteiger partial charge in [-0.2, -0.15) is 0 Å². The third kappa shape index (κ3) is 6.07. The quantitative estimate of drug-likeness (QED) is 0.768. The van der Waals surface area contributed by atoms with Crippen LogP contribution < -0.4 is 10.2 Å². The highest BCUT2D eigenvalue weighted by atomic mass is 16.6. The second-order valence-electron chi connectivity index (χ2n) is 6.59. The Morgan fingerprint density at radius 1 is 1.08 bits per heavy atom. The molecule has 5 heteroatoms. The molecule has 0 saturated heterocycles. The van der Waals surface area contributed by atoms with Gasteiger partial charge in [0.15, 0.2) is 0 Å². The third-order valence-electron chi connectivity index (χ3n) is 4.33. The van der Waals surface area contributed by atoms with Crippen LogP contribution in [0.2, 0.25) is 0 Å². The minimum atomic E-state index is -0.623. The molecule has 0 saturated carbocycles. The number of carbonyl (C=O) groups excluding carboxylic acids is 2. The number of hydrogen-bond acceptors (Lipinski definition) is 3. The average Bonchev–Trinajstić information content (AvgIpc) is 2.60. The molecule has 0 aromatic heterocycles. The molecule has 1 rings (SSSR count). The van der Waals surface area contributed by atoms with Crippen LogP contribution in [0.5, 0.6) is 0 Å². The zero-order valence-electron chi connectivity index (χ0n) is 16.3. The van der Waals surface area contributed by atoms with E-state index in [1.807, 2.05) is 58.9 Å². The molecule has 2 amide bonds. The van der Waals surface area contributed by atoms with Crippen molar-refractivity contribution < 1.29 is 14.3 Å². The summed E-state index contributed by atoms with van der Waals surface area (Å²) in [4.78, 5) is 26.8. The SMILES string of the molecule is CCc1ccc(N(CC)C(=O)[C@@H](NC(=O)OC(C)CC)C(C)C)cc1. The van der Waals surface area contributed by atoms with E-state index in [0.717, 1.165) is 18.5 Å². The summed E-state index contributed by atoms with van der Waals surface area (Å²) < 4.78 is 5.26. The van der Waals surface area contributed by atoms with Gasteiger partial charge < -0.3 is 15.0 Å². The first-order valence-corrected chi connectivity index (χ1v) is 9.21. The van der Waals surface area contributed by atoms with Gasteiger partial charge in [0.2, 0.25) is 5.91 Å². The van der Waals surface area contributed by atoms with Crippen molar-refractivity contribution in [3.05, 3.63) is 29.8 Å². The summed E-state index contributed by atoms with van der Waals surface area (Å²) in [6, 6.07) is 7.34. The number of anilines is 1. The standard InChI is InChI=1S/C20H32N2O3/c1-7-15(6)25-20(24)21-18(14(4)5)19(23)22(9-3)17-12-10-16(8-2)11-13-17/h10-15,18H,7-9H2,1-6H3,(H,21,24)/t15?,18-/m0/s1. The van der Waals surface area contributed by atoms with Gasteiger partial charge in [0.1, 0.15) is 12.1 Å². The molecule has 1 N–H and O–H groups in total. The van der Waals surface area contributed by atoms with Crippen LogP contribution in [-0.2, 0) is 16.0 Å². The van der Waals surface area contributed by atoms with Crippen LogP contribution in [0.25, 0.3) is 0 Å². The van der Waals surface area contributed by atoms with Crippen LogP contribution >= 0.6 is 0 Å². The summed E-state index contributed by atoms with van der Waals surface area (Å²) >= 11 is 0. The van der Waals surface area contributed by atoms with E-state index >= 15 is 0 Å². The lowest BCUT2D eigenvalue weighted by Crippen LogP contribution is -2.52. The first-order chi connectivity index (χ1) is 11.8. The van der Waals surface area contributed by atoms with E-state index in [1.54, 1.807) is 4.90 Å². The number of nitrogens with one attached hydrogen (secondary N) is 1. The molecule has 0 heterocycles. The second kappa shape index (κ2) is 10.1. The summed E-state index contributed by atoms with van der Waals surface area (Å²) in [6.45, 7) is 12.2. The van der Waals surface area contributed by atoms with Crippen molar-refractivity contribution in [2.75, 3.05) is 11.4 Å². The number of rotatable bonds is 8. The summed E-state index contributed by atoms with van der Waals surface area (Å²) in [6.07, 6.45) is 0.974. The van der Waals surface area contributed by atoms with Crippen LogP contribution in [0.1, 0.15) is 53.5 Å². The number of benzene rings is 1. The second-order valence-corrected chi connectivity index (χ2v) is 6.59. The van der Waals surface area contributed by atoms with Gasteiger partial charge in [0.25, 0.3) is 0 Å². The Kier molecular flexibility index (Phi) is 8.46. The van der Waals surface area contributed by atoms with E-state index in [1.165, 1.54) is 5.56 Å². The van der Waals surface area contributed by atoms with Gasteiger partial charge in [-0.25, -0.2) is 4.79 Å². The Morgan fingerprint density at radius 3 is 2.12 bits per heavy atom. The predicted molar refractivity (Wildman–Crippen MR) is 102 cm³/mol. The molecule has 0 aliphatic heterocycles. The lowest BCUT2D eigenvalue weighted by molar-refractivity contribution is -0.121. The molecule has 0 fully saturated rings. The number of hydrogen-bond donors (Lipinski definition) is 1. The molecular formula is C20H32N2O3. The largest absolute Gasteiger partial charge is 0.447 e. The van der Waals surface area contributed by atoms with Gasteiger partial charge in [0, 0.05) is 12.2 Å². The third-order valence-corrected chi connectivity index (χ3v) is 4.33. The maximum absolute atomic E-state index is 13.0. The Labute approximate surface area is 151 Å². The van der Waals surface area contributed by atoms with E-state index < -0.39 is 12.1 Å². The predicted octanol–water partition coefficient (Wildman–Crippen LogP) is 4.15. The Balaban J connectivity index is 2.92. The highest BCUT2D eigenvalue weighted by Crippen LogP contribution is 2.18. The minimum Gasteiger partial charge on any atom is -0.447 e. The van der Waals surface area contributed by atoms with Crippen LogP contribution in [0.3, 0.4) is 0 Å². The monoisotopic (exact) mass is 348 g/mol. The zero-order chi connectivity index (χ0) is 19.0. The fourth-order valence-corrected chi connectivity index (χ4v) is 2.49. The van der Waals surface area contributed by atoms with E-state index in [9.17, 15) is 9.59 Å². The topological polar surface area (TPSA) is 58.6 Å². The van der Waals surface area contributed by atoms with E-state index in [-0.39, 0.29) is 17.9 Å². The van der Waals surface area contributed by atoms with E-state index in [0.29, 0.717) is 6.54 Å². The average molecular weight is 348 g/mol. The lowest BCUT2D eigenvalue weighted by atomic mass is 10.0. The van der Waals surface area contributed by atoms with Crippen molar-refractivity contribution in [3.8, 4) is 0 Å². The van der Waals surface area contributed by atoms with Gasteiger partial charge >= 0.3 is 6.09 Å². The van der Waals surface area contributed by atoms with Gasteiger partial charge in [0.05, 0.1) is 0 Å². The molecule has 1 aromatic rings. The van der Waals surface area contributed by atoms with Gasteiger partial charge in [-0.15, -0.1) is 0 Å². The molecule has 140 valence electrons. The first kappa shape index (κ1) is 21.0. The van der Waals surface area contributed by atoms with Gasteiger partial charge in [-0.3, -0.25) is 4.79 Å². The maximum atomic E-state index is 13.0. The number of alkyl carbamates (subject to hydrolysis) is 1. The molecule has 0 radical (unpaired) electrons. The molecule has 2 atom stereocenters. The maximum Gasteiger partial charge on any atom is 0.408 e. The van der Waals surface area contributed by atoms with Crippen LogP contribution in [0, 0.1) is 5.92 Å². The lowest BCUT2D eigenvalue weighted by Gasteiger charge is -2.29. The molecule has 25 heavy (non-hydrogen) atoms. The highest BCUT2D eigenvalue weighted by Gasteiger charge is 2.29. The van der Waals surface area contributed by atoms with Crippen molar-refractivity contribution in [2.45, 2.75) is 66.5 Å². The Morgan fingerprint density at radius 2 is 1.68 bits per heavy atom. The minimum absolute atomic E-state index is 0.0408. The number of nitrogens with zero attached hydrogens (tertiary/aromatic N) is 1. The smallest absolute Gasteiger partial charge is 0.408 e. The number of amides is 2. The number of ether oxygens (including phenoxy) is 1. The van der Waals surface area contributed by atoms with Gasteiger partial charge in [-0.1, -0.05) is 39.8 Å². The first-order valence-electron chi connectivity index (χ1n) is 9.21. The molecule has 0 aliphatic carbocycles. The van der Waals surface area contributed by atoms with E-state index in [4.69, 9.17) is 4.74 Å². The molecule has 1 unspecified atom stereocenters. The molecular weight excluding hydrogens is 316 g/mol. The summed E-state index contributed by atoms with van der Waals surface area (Å²) in [7, 11) is 0. The fourth-order valence-electron chi connectivity index (χ4n) is 2.49. The molecule has 0 bridgehead atoms. The van der Waals surface area contributed by atoms with Crippen LogP contribution in [-0.4, -0.2) is 30.7 Å². The number of likely N-dealkylation sites (N-methyl/N-ethyl adjacent to an activating group) is 1.